The Bertz CT molecular complexity index is 337. The van der Waals surface area contributed by atoms with Gasteiger partial charge in [-0.1, -0.05) is 27.2 Å². The predicted molar refractivity (Wildman–Crippen MR) is 67.8 cm³/mol. The van der Waals surface area contributed by atoms with Gasteiger partial charge in [-0.05, 0) is 6.42 Å². The highest BCUT2D eigenvalue weighted by atomic mass is 16.3. The standard InChI is InChI=1S/C12H24N4O/c1-4-7-9(13)10(8-17)16-12(6-3)14-11(5-2)15-16/h9-10,17H,4-8,13H2,1-3H3. The zero-order valence-electron chi connectivity index (χ0n) is 11.1. The summed E-state index contributed by atoms with van der Waals surface area (Å²) in [5.74, 6) is 1.73. The van der Waals surface area contributed by atoms with Gasteiger partial charge in [-0.3, -0.25) is 0 Å². The zero-order chi connectivity index (χ0) is 12.8. The van der Waals surface area contributed by atoms with Crippen LogP contribution in [0, 0.1) is 0 Å². The third-order valence-electron chi connectivity index (χ3n) is 3.00. The minimum atomic E-state index is -0.155. The van der Waals surface area contributed by atoms with E-state index >= 15 is 0 Å². The number of nitrogens with two attached hydrogens (primary N) is 1. The van der Waals surface area contributed by atoms with E-state index in [1.807, 2.05) is 18.5 Å². The molecule has 1 heterocycles. The summed E-state index contributed by atoms with van der Waals surface area (Å²) in [7, 11) is 0. The van der Waals surface area contributed by atoms with Gasteiger partial charge in [0.05, 0.1) is 12.6 Å². The van der Waals surface area contributed by atoms with E-state index in [9.17, 15) is 5.11 Å². The van der Waals surface area contributed by atoms with Crippen molar-refractivity contribution in [1.82, 2.24) is 14.8 Å². The van der Waals surface area contributed by atoms with Gasteiger partial charge in [0.25, 0.3) is 0 Å². The number of aliphatic hydroxyl groups is 1. The van der Waals surface area contributed by atoms with E-state index in [0.29, 0.717) is 0 Å². The minimum absolute atomic E-state index is 0.0146. The van der Waals surface area contributed by atoms with Gasteiger partial charge >= 0.3 is 0 Å². The van der Waals surface area contributed by atoms with Crippen molar-refractivity contribution in [3.63, 3.8) is 0 Å². The quantitative estimate of drug-likeness (QED) is 0.747. The Kier molecular flexibility index (Phi) is 5.58. The number of rotatable bonds is 7. The number of aryl methyl sites for hydroxylation is 2. The number of hydrogen-bond acceptors (Lipinski definition) is 4. The van der Waals surface area contributed by atoms with Gasteiger partial charge < -0.3 is 10.8 Å². The van der Waals surface area contributed by atoms with Crippen molar-refractivity contribution in [1.29, 1.82) is 0 Å². The molecule has 0 aromatic carbocycles. The summed E-state index contributed by atoms with van der Waals surface area (Å²) in [6.07, 6.45) is 3.51. The topological polar surface area (TPSA) is 77.0 Å². The van der Waals surface area contributed by atoms with E-state index in [4.69, 9.17) is 5.73 Å². The average Bonchev–Trinajstić information content (AvgIpc) is 2.73. The van der Waals surface area contributed by atoms with E-state index in [1.54, 1.807) is 0 Å². The first-order valence-corrected chi connectivity index (χ1v) is 6.48. The Hall–Kier alpha value is -0.940. The van der Waals surface area contributed by atoms with E-state index in [0.717, 1.165) is 37.3 Å². The lowest BCUT2D eigenvalue weighted by atomic mass is 10.1. The molecule has 2 unspecified atom stereocenters. The van der Waals surface area contributed by atoms with Crippen molar-refractivity contribution < 1.29 is 5.11 Å². The van der Waals surface area contributed by atoms with Crippen molar-refractivity contribution in [2.45, 2.75) is 58.5 Å². The molecule has 98 valence electrons. The second-order valence-corrected chi connectivity index (χ2v) is 4.30. The molecule has 0 fully saturated rings. The van der Waals surface area contributed by atoms with Crippen molar-refractivity contribution in [2.75, 3.05) is 6.61 Å². The van der Waals surface area contributed by atoms with Crippen LogP contribution in [-0.2, 0) is 12.8 Å². The van der Waals surface area contributed by atoms with Gasteiger partial charge in [-0.25, -0.2) is 9.67 Å². The molecule has 0 radical (unpaired) electrons. The van der Waals surface area contributed by atoms with Crippen molar-refractivity contribution in [3.05, 3.63) is 11.6 Å². The summed E-state index contributed by atoms with van der Waals surface area (Å²) in [4.78, 5) is 4.44. The Morgan fingerprint density at radius 3 is 2.47 bits per heavy atom. The van der Waals surface area contributed by atoms with Gasteiger partial charge in [0, 0.05) is 18.9 Å². The third-order valence-corrected chi connectivity index (χ3v) is 3.00. The lowest BCUT2D eigenvalue weighted by Crippen LogP contribution is -2.36. The highest BCUT2D eigenvalue weighted by Gasteiger charge is 2.22. The van der Waals surface area contributed by atoms with Crippen LogP contribution in [0.4, 0.5) is 0 Å². The number of aliphatic hydroxyl groups excluding tert-OH is 1. The van der Waals surface area contributed by atoms with Gasteiger partial charge in [-0.15, -0.1) is 0 Å². The first-order valence-electron chi connectivity index (χ1n) is 6.48. The van der Waals surface area contributed by atoms with Crippen LogP contribution < -0.4 is 5.73 Å². The molecule has 1 rings (SSSR count). The molecule has 0 aliphatic carbocycles. The summed E-state index contributed by atoms with van der Waals surface area (Å²) in [6, 6.07) is -0.223. The van der Waals surface area contributed by atoms with Crippen LogP contribution in [0.15, 0.2) is 0 Å². The van der Waals surface area contributed by atoms with Crippen LogP contribution in [0.5, 0.6) is 0 Å². The molecular weight excluding hydrogens is 216 g/mol. The fraction of sp³-hybridized carbons (Fsp3) is 0.833. The smallest absolute Gasteiger partial charge is 0.150 e. The highest BCUT2D eigenvalue weighted by molar-refractivity contribution is 4.96. The van der Waals surface area contributed by atoms with Gasteiger partial charge in [0.2, 0.25) is 0 Å². The SMILES string of the molecule is CCCC(N)C(CO)n1nc(CC)nc1CC. The lowest BCUT2D eigenvalue weighted by Gasteiger charge is -2.23. The molecule has 1 aromatic heterocycles. The maximum Gasteiger partial charge on any atom is 0.150 e. The van der Waals surface area contributed by atoms with Crippen LogP contribution >= 0.6 is 0 Å². The van der Waals surface area contributed by atoms with Crippen molar-refractivity contribution >= 4 is 0 Å². The lowest BCUT2D eigenvalue weighted by molar-refractivity contribution is 0.189. The Morgan fingerprint density at radius 2 is 2.00 bits per heavy atom. The summed E-state index contributed by atoms with van der Waals surface area (Å²) < 4.78 is 1.82. The average molecular weight is 240 g/mol. The predicted octanol–water partition coefficient (Wildman–Crippen LogP) is 1.06. The normalized spacial score (nSPS) is 14.9. The molecule has 2 atom stereocenters. The third kappa shape index (κ3) is 3.26. The minimum Gasteiger partial charge on any atom is -0.394 e. The fourth-order valence-electron chi connectivity index (χ4n) is 1.98. The molecule has 1 aromatic rings. The molecule has 0 spiro atoms. The van der Waals surface area contributed by atoms with Crippen molar-refractivity contribution in [2.24, 2.45) is 5.73 Å². The molecule has 17 heavy (non-hydrogen) atoms. The van der Waals surface area contributed by atoms with Crippen LogP contribution in [0.1, 0.15) is 51.3 Å². The summed E-state index contributed by atoms with van der Waals surface area (Å²) >= 11 is 0. The van der Waals surface area contributed by atoms with Gasteiger partial charge in [0.15, 0.2) is 5.82 Å². The molecular formula is C12H24N4O. The molecule has 3 N–H and O–H groups in total. The Balaban J connectivity index is 2.97. The summed E-state index contributed by atoms with van der Waals surface area (Å²) in [5, 5.41) is 13.9. The summed E-state index contributed by atoms with van der Waals surface area (Å²) in [5.41, 5.74) is 6.10. The second-order valence-electron chi connectivity index (χ2n) is 4.30. The van der Waals surface area contributed by atoms with E-state index in [-0.39, 0.29) is 18.7 Å². The number of aromatic nitrogens is 3. The first kappa shape index (κ1) is 14.1. The number of nitrogens with zero attached hydrogens (tertiary/aromatic N) is 3. The molecule has 0 bridgehead atoms. The maximum absolute atomic E-state index is 9.51. The molecule has 0 saturated carbocycles. The van der Waals surface area contributed by atoms with E-state index in [2.05, 4.69) is 17.0 Å². The molecule has 0 amide bonds. The van der Waals surface area contributed by atoms with E-state index < -0.39 is 0 Å². The van der Waals surface area contributed by atoms with Gasteiger partial charge in [0.1, 0.15) is 5.82 Å². The summed E-state index contributed by atoms with van der Waals surface area (Å²) in [6.45, 7) is 6.17. The Labute approximate surface area is 103 Å². The van der Waals surface area contributed by atoms with E-state index in [1.165, 1.54) is 0 Å². The highest BCUT2D eigenvalue weighted by Crippen LogP contribution is 2.16. The van der Waals surface area contributed by atoms with Crippen LogP contribution in [-0.4, -0.2) is 32.5 Å². The first-order chi connectivity index (χ1) is 8.17. The largest absolute Gasteiger partial charge is 0.394 e. The second kappa shape index (κ2) is 6.71. The molecule has 0 saturated heterocycles. The molecule has 5 heteroatoms. The molecule has 5 nitrogen and oxygen atoms in total. The van der Waals surface area contributed by atoms with Gasteiger partial charge in [-0.2, -0.15) is 5.10 Å². The van der Waals surface area contributed by atoms with Crippen LogP contribution in [0.2, 0.25) is 0 Å². The fourth-order valence-corrected chi connectivity index (χ4v) is 1.98. The molecule has 0 aliphatic rings. The monoisotopic (exact) mass is 240 g/mol. The Morgan fingerprint density at radius 1 is 1.29 bits per heavy atom. The van der Waals surface area contributed by atoms with Crippen molar-refractivity contribution in [3.8, 4) is 0 Å². The number of hydrogen-bond donors (Lipinski definition) is 2. The van der Waals surface area contributed by atoms with Crippen LogP contribution in [0.25, 0.3) is 0 Å². The van der Waals surface area contributed by atoms with Crippen LogP contribution in [0.3, 0.4) is 0 Å². The zero-order valence-corrected chi connectivity index (χ0v) is 11.1. The maximum atomic E-state index is 9.51. The molecule has 0 aliphatic heterocycles.